The van der Waals surface area contributed by atoms with Gasteiger partial charge in [0.15, 0.2) is 0 Å². The smallest absolute Gasteiger partial charge is 0.347 e. The van der Waals surface area contributed by atoms with Crippen molar-refractivity contribution in [2.24, 2.45) is 5.41 Å². The van der Waals surface area contributed by atoms with Gasteiger partial charge >= 0.3 is 11.6 Å². The van der Waals surface area contributed by atoms with Gasteiger partial charge in [0, 0.05) is 12.5 Å². The van der Waals surface area contributed by atoms with Gasteiger partial charge in [-0.25, -0.2) is 4.79 Å². The van der Waals surface area contributed by atoms with Crippen molar-refractivity contribution in [2.75, 3.05) is 6.61 Å². The van der Waals surface area contributed by atoms with E-state index in [9.17, 15) is 9.59 Å². The molecule has 0 unspecified atom stereocenters. The third-order valence-electron chi connectivity index (χ3n) is 3.79. The maximum absolute atomic E-state index is 12.6. The SMILES string of the molecule is Cc1ccc(-c2c(OC(=O)C(C)(C)C)cc(CCO)oc2=O)c(C)c1. The molecule has 0 aliphatic rings. The van der Waals surface area contributed by atoms with Crippen molar-refractivity contribution < 1.29 is 19.1 Å². The second kappa shape index (κ2) is 7.23. The van der Waals surface area contributed by atoms with Crippen LogP contribution in [0.3, 0.4) is 0 Å². The molecule has 2 rings (SSSR count). The lowest BCUT2D eigenvalue weighted by Crippen LogP contribution is -2.26. The number of hydrogen-bond donors (Lipinski definition) is 1. The zero-order chi connectivity index (χ0) is 18.8. The summed E-state index contributed by atoms with van der Waals surface area (Å²) in [6, 6.07) is 7.16. The molecule has 0 saturated heterocycles. The van der Waals surface area contributed by atoms with Crippen molar-refractivity contribution in [3.8, 4) is 16.9 Å². The third kappa shape index (κ3) is 4.37. The Morgan fingerprint density at radius 1 is 1.20 bits per heavy atom. The van der Waals surface area contributed by atoms with Gasteiger partial charge in [-0.15, -0.1) is 0 Å². The molecule has 0 aliphatic heterocycles. The molecule has 0 atom stereocenters. The lowest BCUT2D eigenvalue weighted by atomic mass is 9.96. The summed E-state index contributed by atoms with van der Waals surface area (Å²) in [5, 5.41) is 9.10. The van der Waals surface area contributed by atoms with Crippen LogP contribution in [0.15, 0.2) is 33.5 Å². The molecule has 0 saturated carbocycles. The normalized spacial score (nSPS) is 11.4. The monoisotopic (exact) mass is 344 g/mol. The highest BCUT2D eigenvalue weighted by Crippen LogP contribution is 2.32. The van der Waals surface area contributed by atoms with E-state index in [0.29, 0.717) is 5.56 Å². The number of aryl methyl sites for hydroxylation is 2. The van der Waals surface area contributed by atoms with E-state index >= 15 is 0 Å². The molecular formula is C20H24O5. The fourth-order valence-electron chi connectivity index (χ4n) is 2.42. The fraction of sp³-hybridized carbons (Fsp3) is 0.400. The molecule has 0 amide bonds. The zero-order valence-electron chi connectivity index (χ0n) is 15.3. The Bertz CT molecular complexity index is 840. The van der Waals surface area contributed by atoms with Crippen LogP contribution in [0.25, 0.3) is 11.1 Å². The molecule has 0 bridgehead atoms. The molecule has 1 heterocycles. The molecule has 5 nitrogen and oxygen atoms in total. The standard InChI is InChI=1S/C20H24O5/c1-12-6-7-15(13(2)10-12)17-16(25-19(23)20(3,4)5)11-14(8-9-21)24-18(17)22/h6-7,10-11,21H,8-9H2,1-5H3. The minimum atomic E-state index is -0.716. The van der Waals surface area contributed by atoms with Gasteiger partial charge < -0.3 is 14.3 Å². The number of esters is 1. The van der Waals surface area contributed by atoms with Crippen molar-refractivity contribution in [3.05, 3.63) is 51.6 Å². The molecule has 1 aromatic heterocycles. The number of aliphatic hydroxyl groups excluding tert-OH is 1. The van der Waals surface area contributed by atoms with Crippen molar-refractivity contribution in [1.29, 1.82) is 0 Å². The number of carbonyl (C=O) groups excluding carboxylic acids is 1. The largest absolute Gasteiger partial charge is 0.427 e. The number of benzene rings is 1. The molecule has 134 valence electrons. The van der Waals surface area contributed by atoms with E-state index < -0.39 is 17.0 Å². The Kier molecular flexibility index (Phi) is 5.48. The van der Waals surface area contributed by atoms with Crippen LogP contribution < -0.4 is 10.4 Å². The summed E-state index contributed by atoms with van der Waals surface area (Å²) in [6.07, 6.45) is 0.169. The first-order valence-corrected chi connectivity index (χ1v) is 8.21. The summed E-state index contributed by atoms with van der Waals surface area (Å²) in [4.78, 5) is 24.9. The van der Waals surface area contributed by atoms with E-state index in [0.717, 1.165) is 11.1 Å². The first-order chi connectivity index (χ1) is 11.6. The van der Waals surface area contributed by atoms with Crippen LogP contribution in [0, 0.1) is 19.3 Å². The summed E-state index contributed by atoms with van der Waals surface area (Å²) in [7, 11) is 0. The number of carbonyl (C=O) groups is 1. The average Bonchev–Trinajstić information content (AvgIpc) is 2.48. The second-order valence-corrected chi connectivity index (χ2v) is 7.17. The predicted octanol–water partition coefficient (Wildman–Crippen LogP) is 3.41. The van der Waals surface area contributed by atoms with Crippen molar-refractivity contribution in [1.82, 2.24) is 0 Å². The number of aliphatic hydroxyl groups is 1. The number of rotatable bonds is 4. The Balaban J connectivity index is 2.65. The topological polar surface area (TPSA) is 76.7 Å². The number of hydrogen-bond acceptors (Lipinski definition) is 5. The second-order valence-electron chi connectivity index (χ2n) is 7.17. The molecule has 0 aliphatic carbocycles. The van der Waals surface area contributed by atoms with Gasteiger partial charge in [0.05, 0.1) is 12.0 Å². The van der Waals surface area contributed by atoms with Crippen molar-refractivity contribution >= 4 is 5.97 Å². The molecule has 0 radical (unpaired) electrons. The van der Waals surface area contributed by atoms with Crippen LogP contribution in [0.1, 0.15) is 37.7 Å². The quantitative estimate of drug-likeness (QED) is 0.860. The summed E-state index contributed by atoms with van der Waals surface area (Å²) in [5.74, 6) is -0.0108. The van der Waals surface area contributed by atoms with E-state index in [1.54, 1.807) is 20.8 Å². The molecule has 1 aromatic carbocycles. The van der Waals surface area contributed by atoms with Gasteiger partial charge in [0.1, 0.15) is 17.1 Å². The van der Waals surface area contributed by atoms with E-state index in [-0.39, 0.29) is 30.1 Å². The van der Waals surface area contributed by atoms with E-state index in [4.69, 9.17) is 14.3 Å². The maximum Gasteiger partial charge on any atom is 0.347 e. The predicted molar refractivity (Wildman–Crippen MR) is 95.8 cm³/mol. The molecule has 1 N–H and O–H groups in total. The lowest BCUT2D eigenvalue weighted by molar-refractivity contribution is -0.142. The highest BCUT2D eigenvalue weighted by molar-refractivity contribution is 5.81. The number of ether oxygens (including phenoxy) is 1. The van der Waals surface area contributed by atoms with E-state index in [1.165, 1.54) is 6.07 Å². The van der Waals surface area contributed by atoms with Crippen molar-refractivity contribution in [3.63, 3.8) is 0 Å². The lowest BCUT2D eigenvalue weighted by Gasteiger charge is -2.18. The highest BCUT2D eigenvalue weighted by atomic mass is 16.5. The minimum absolute atomic E-state index is 0.159. The first-order valence-electron chi connectivity index (χ1n) is 8.21. The third-order valence-corrected chi connectivity index (χ3v) is 3.79. The maximum atomic E-state index is 12.6. The Morgan fingerprint density at radius 3 is 2.44 bits per heavy atom. The first kappa shape index (κ1) is 18.9. The van der Waals surface area contributed by atoms with Gasteiger partial charge in [0.25, 0.3) is 0 Å². The van der Waals surface area contributed by atoms with E-state index in [1.807, 2.05) is 32.0 Å². The zero-order valence-corrected chi connectivity index (χ0v) is 15.3. The van der Waals surface area contributed by atoms with Gasteiger partial charge in [-0.3, -0.25) is 4.79 Å². The van der Waals surface area contributed by atoms with Crippen LogP contribution >= 0.6 is 0 Å². The highest BCUT2D eigenvalue weighted by Gasteiger charge is 2.27. The Hall–Kier alpha value is -2.40. The Morgan fingerprint density at radius 2 is 1.88 bits per heavy atom. The van der Waals surface area contributed by atoms with Crippen LogP contribution in [0.5, 0.6) is 5.75 Å². The van der Waals surface area contributed by atoms with Gasteiger partial charge in [-0.1, -0.05) is 23.8 Å². The molecular weight excluding hydrogens is 320 g/mol. The molecule has 0 spiro atoms. The van der Waals surface area contributed by atoms with Crippen LogP contribution in [-0.2, 0) is 11.2 Å². The van der Waals surface area contributed by atoms with Crippen molar-refractivity contribution in [2.45, 2.75) is 41.0 Å². The van der Waals surface area contributed by atoms with Crippen LogP contribution in [0.4, 0.5) is 0 Å². The fourth-order valence-corrected chi connectivity index (χ4v) is 2.42. The average molecular weight is 344 g/mol. The van der Waals surface area contributed by atoms with Crippen LogP contribution in [0.2, 0.25) is 0 Å². The summed E-state index contributed by atoms with van der Waals surface area (Å²) in [5.41, 5.74) is 1.52. The van der Waals surface area contributed by atoms with Crippen LogP contribution in [-0.4, -0.2) is 17.7 Å². The summed E-state index contributed by atoms with van der Waals surface area (Å²) in [6.45, 7) is 8.91. The molecule has 25 heavy (non-hydrogen) atoms. The van der Waals surface area contributed by atoms with Gasteiger partial charge in [0.2, 0.25) is 0 Å². The minimum Gasteiger partial charge on any atom is -0.427 e. The molecule has 2 aromatic rings. The molecule has 0 fully saturated rings. The summed E-state index contributed by atoms with van der Waals surface area (Å²) >= 11 is 0. The van der Waals surface area contributed by atoms with Gasteiger partial charge in [-0.05, 0) is 45.7 Å². The summed E-state index contributed by atoms with van der Waals surface area (Å²) < 4.78 is 10.8. The Labute approximate surface area is 147 Å². The molecule has 5 heteroatoms. The van der Waals surface area contributed by atoms with E-state index in [2.05, 4.69) is 0 Å². The van der Waals surface area contributed by atoms with Gasteiger partial charge in [-0.2, -0.15) is 0 Å².